The molecule has 1 aliphatic heterocycles. The summed E-state index contributed by atoms with van der Waals surface area (Å²) in [5.74, 6) is -1.19. The van der Waals surface area contributed by atoms with Crippen LogP contribution in [0.5, 0.6) is 0 Å². The molecule has 0 aliphatic carbocycles. The first kappa shape index (κ1) is 15.3. The van der Waals surface area contributed by atoms with Crippen molar-refractivity contribution in [2.24, 2.45) is 0 Å². The number of nitrogens with one attached hydrogen (secondary N) is 1. The summed E-state index contributed by atoms with van der Waals surface area (Å²) in [4.78, 5) is 2.01. The van der Waals surface area contributed by atoms with Crippen molar-refractivity contribution in [2.75, 3.05) is 32.4 Å². The molecule has 1 saturated heterocycles. The molecule has 1 atom stereocenters. The molecule has 1 N–H and O–H groups in total. The lowest BCUT2D eigenvalue weighted by atomic mass is 9.97. The molecular formula is C13H18F2N2O2S. The molecule has 0 aromatic heterocycles. The van der Waals surface area contributed by atoms with Crippen LogP contribution in [0.1, 0.15) is 17.9 Å². The van der Waals surface area contributed by atoms with Gasteiger partial charge >= 0.3 is 0 Å². The Labute approximate surface area is 117 Å². The van der Waals surface area contributed by atoms with Gasteiger partial charge in [-0.2, -0.15) is 0 Å². The second kappa shape index (κ2) is 6.15. The van der Waals surface area contributed by atoms with Gasteiger partial charge in [-0.05, 0) is 25.1 Å². The lowest BCUT2D eigenvalue weighted by Crippen LogP contribution is -2.33. The highest BCUT2D eigenvalue weighted by atomic mass is 32.2. The van der Waals surface area contributed by atoms with E-state index in [-0.39, 0.29) is 11.5 Å². The molecule has 20 heavy (non-hydrogen) atoms. The maximum Gasteiger partial charge on any atom is 0.208 e. The molecule has 2 rings (SSSR count). The van der Waals surface area contributed by atoms with E-state index in [1.165, 1.54) is 18.2 Å². The monoisotopic (exact) mass is 304 g/mol. The van der Waals surface area contributed by atoms with Crippen molar-refractivity contribution in [3.8, 4) is 0 Å². The second-order valence-corrected chi connectivity index (χ2v) is 6.92. The Morgan fingerprint density at radius 2 is 2.00 bits per heavy atom. The Kier molecular flexibility index (Phi) is 4.72. The van der Waals surface area contributed by atoms with E-state index >= 15 is 0 Å². The fourth-order valence-corrected chi connectivity index (χ4v) is 3.02. The van der Waals surface area contributed by atoms with Crippen LogP contribution < -0.4 is 4.72 Å². The Morgan fingerprint density at radius 1 is 1.35 bits per heavy atom. The smallest absolute Gasteiger partial charge is 0.208 e. The Balaban J connectivity index is 1.92. The zero-order chi connectivity index (χ0) is 14.8. The molecule has 1 aliphatic rings. The van der Waals surface area contributed by atoms with E-state index in [9.17, 15) is 17.2 Å². The standard InChI is InChI=1S/C13H18F2N2O2S/c1-20(18,19)16-6-8-17-7-5-10(9-17)13-11(14)3-2-4-12(13)15/h2-4,10,16H,5-9H2,1H3. The lowest BCUT2D eigenvalue weighted by molar-refractivity contribution is 0.338. The molecular weight excluding hydrogens is 286 g/mol. The average molecular weight is 304 g/mol. The Morgan fingerprint density at radius 3 is 2.60 bits per heavy atom. The number of nitrogens with zero attached hydrogens (tertiary/aromatic N) is 1. The van der Waals surface area contributed by atoms with Gasteiger partial charge in [0.15, 0.2) is 0 Å². The van der Waals surface area contributed by atoms with Gasteiger partial charge in [-0.3, -0.25) is 0 Å². The van der Waals surface area contributed by atoms with Crippen molar-refractivity contribution in [3.05, 3.63) is 35.4 Å². The number of likely N-dealkylation sites (tertiary alicyclic amines) is 1. The highest BCUT2D eigenvalue weighted by Gasteiger charge is 2.28. The molecule has 112 valence electrons. The van der Waals surface area contributed by atoms with Crippen molar-refractivity contribution < 1.29 is 17.2 Å². The van der Waals surface area contributed by atoms with Crippen LogP contribution in [0.25, 0.3) is 0 Å². The van der Waals surface area contributed by atoms with Crippen LogP contribution in [0.2, 0.25) is 0 Å². The molecule has 0 spiro atoms. The molecule has 0 radical (unpaired) electrons. The van der Waals surface area contributed by atoms with Crippen molar-refractivity contribution >= 4 is 10.0 Å². The van der Waals surface area contributed by atoms with Gasteiger partial charge in [0.2, 0.25) is 10.0 Å². The summed E-state index contributed by atoms with van der Waals surface area (Å²) < 4.78 is 51.7. The minimum atomic E-state index is -3.19. The van der Waals surface area contributed by atoms with Gasteiger partial charge in [-0.1, -0.05) is 6.07 Å². The lowest BCUT2D eigenvalue weighted by Gasteiger charge is -2.16. The van der Waals surface area contributed by atoms with Gasteiger partial charge in [0.1, 0.15) is 11.6 Å². The van der Waals surface area contributed by atoms with Crippen molar-refractivity contribution in [3.63, 3.8) is 0 Å². The van der Waals surface area contributed by atoms with E-state index in [4.69, 9.17) is 0 Å². The van der Waals surface area contributed by atoms with E-state index in [0.717, 1.165) is 6.26 Å². The van der Waals surface area contributed by atoms with Crippen LogP contribution in [0.3, 0.4) is 0 Å². The van der Waals surface area contributed by atoms with Crippen LogP contribution >= 0.6 is 0 Å². The summed E-state index contributed by atoms with van der Waals surface area (Å²) >= 11 is 0. The number of rotatable bonds is 5. The average Bonchev–Trinajstić information content (AvgIpc) is 2.75. The molecule has 1 unspecified atom stereocenters. The van der Waals surface area contributed by atoms with E-state index in [2.05, 4.69) is 4.72 Å². The van der Waals surface area contributed by atoms with Crippen molar-refractivity contribution in [1.29, 1.82) is 0 Å². The van der Waals surface area contributed by atoms with Crippen molar-refractivity contribution in [2.45, 2.75) is 12.3 Å². The first-order valence-electron chi connectivity index (χ1n) is 6.48. The topological polar surface area (TPSA) is 49.4 Å². The third-order valence-corrected chi connectivity index (χ3v) is 4.20. The second-order valence-electron chi connectivity index (χ2n) is 5.09. The summed E-state index contributed by atoms with van der Waals surface area (Å²) in [5, 5.41) is 0. The van der Waals surface area contributed by atoms with Gasteiger partial charge in [0, 0.05) is 31.1 Å². The van der Waals surface area contributed by atoms with Crippen LogP contribution in [0.4, 0.5) is 8.78 Å². The number of hydrogen-bond donors (Lipinski definition) is 1. The van der Waals surface area contributed by atoms with Gasteiger partial charge in [0.25, 0.3) is 0 Å². The normalized spacial score (nSPS) is 20.4. The predicted octanol–water partition coefficient (Wildman–Crippen LogP) is 1.30. The zero-order valence-electron chi connectivity index (χ0n) is 11.3. The quantitative estimate of drug-likeness (QED) is 0.892. The maximum absolute atomic E-state index is 13.7. The van der Waals surface area contributed by atoms with E-state index in [1.54, 1.807) is 0 Å². The maximum atomic E-state index is 13.7. The van der Waals surface area contributed by atoms with Crippen LogP contribution in [0.15, 0.2) is 18.2 Å². The first-order chi connectivity index (χ1) is 9.37. The van der Waals surface area contributed by atoms with Crippen LogP contribution in [-0.2, 0) is 10.0 Å². The summed E-state index contributed by atoms with van der Waals surface area (Å²) in [6.07, 6.45) is 1.78. The minimum Gasteiger partial charge on any atom is -0.301 e. The zero-order valence-corrected chi connectivity index (χ0v) is 12.1. The Bertz CT molecular complexity index is 557. The van der Waals surface area contributed by atoms with E-state index < -0.39 is 21.7 Å². The first-order valence-corrected chi connectivity index (χ1v) is 8.37. The Hall–Kier alpha value is -1.05. The predicted molar refractivity (Wildman–Crippen MR) is 73.0 cm³/mol. The molecule has 1 fully saturated rings. The summed E-state index contributed by atoms with van der Waals surface area (Å²) in [5.41, 5.74) is 0.145. The van der Waals surface area contributed by atoms with E-state index in [0.29, 0.717) is 32.6 Å². The third-order valence-electron chi connectivity index (χ3n) is 3.47. The molecule has 1 heterocycles. The molecule has 0 amide bonds. The third kappa shape index (κ3) is 3.97. The van der Waals surface area contributed by atoms with Crippen LogP contribution in [-0.4, -0.2) is 45.8 Å². The van der Waals surface area contributed by atoms with E-state index in [1.807, 2.05) is 4.90 Å². The highest BCUT2D eigenvalue weighted by molar-refractivity contribution is 7.88. The highest BCUT2D eigenvalue weighted by Crippen LogP contribution is 2.30. The summed E-state index contributed by atoms with van der Waals surface area (Å²) in [6.45, 7) is 2.11. The SMILES string of the molecule is CS(=O)(=O)NCCN1CCC(c2c(F)cccc2F)C1. The fraction of sp³-hybridized carbons (Fsp3) is 0.538. The molecule has 0 saturated carbocycles. The summed E-state index contributed by atoms with van der Waals surface area (Å²) in [6, 6.07) is 3.90. The number of sulfonamides is 1. The molecule has 7 heteroatoms. The van der Waals surface area contributed by atoms with Gasteiger partial charge < -0.3 is 4.90 Å². The summed E-state index contributed by atoms with van der Waals surface area (Å²) in [7, 11) is -3.19. The van der Waals surface area contributed by atoms with Gasteiger partial charge in [-0.15, -0.1) is 0 Å². The van der Waals surface area contributed by atoms with Gasteiger partial charge in [0.05, 0.1) is 6.26 Å². The molecule has 0 bridgehead atoms. The molecule has 1 aromatic carbocycles. The van der Waals surface area contributed by atoms with Gasteiger partial charge in [-0.25, -0.2) is 21.9 Å². The largest absolute Gasteiger partial charge is 0.301 e. The number of halogens is 2. The number of hydrogen-bond acceptors (Lipinski definition) is 3. The molecule has 1 aromatic rings. The fourth-order valence-electron chi connectivity index (χ4n) is 2.56. The van der Waals surface area contributed by atoms with Crippen molar-refractivity contribution in [1.82, 2.24) is 9.62 Å². The van der Waals surface area contributed by atoms with Crippen LogP contribution in [0, 0.1) is 11.6 Å². The minimum absolute atomic E-state index is 0.145. The number of benzene rings is 1. The molecule has 4 nitrogen and oxygen atoms in total.